The Labute approximate surface area is 90.5 Å². The Bertz CT molecular complexity index is 296. The maximum Gasteiger partial charge on any atom is 0.158 e. The number of Topliss-reactive ketones (excluding diaryl/α,β-unsaturated/α-hetero) is 1. The first-order chi connectivity index (χ1) is 7.18. The summed E-state index contributed by atoms with van der Waals surface area (Å²) in [6.07, 6.45) is 3.05. The topological polar surface area (TPSA) is 39.2 Å². The molecule has 0 radical (unpaired) electrons. The number of nitrogens with zero attached hydrogens (tertiary/aromatic N) is 1. The fourth-order valence-electron chi connectivity index (χ4n) is 1.15. The van der Waals surface area contributed by atoms with Gasteiger partial charge in [0.05, 0.1) is 6.10 Å². The smallest absolute Gasteiger partial charge is 0.158 e. The molecule has 1 aromatic heterocycles. The van der Waals surface area contributed by atoms with Crippen molar-refractivity contribution >= 4 is 5.78 Å². The zero-order valence-electron chi connectivity index (χ0n) is 9.27. The van der Waals surface area contributed by atoms with Gasteiger partial charge in [0.1, 0.15) is 6.61 Å². The summed E-state index contributed by atoms with van der Waals surface area (Å²) in [5, 5.41) is 0. The number of aromatic nitrogens is 1. The maximum absolute atomic E-state index is 11.4. The molecule has 0 amide bonds. The van der Waals surface area contributed by atoms with Crippen LogP contribution in [0, 0.1) is 0 Å². The molecule has 0 aromatic carbocycles. The number of ketones is 1. The molecule has 0 spiro atoms. The maximum atomic E-state index is 11.4. The third-order valence-electron chi connectivity index (χ3n) is 1.96. The molecule has 0 aliphatic carbocycles. The Hall–Kier alpha value is -1.22. The zero-order valence-corrected chi connectivity index (χ0v) is 9.27. The molecule has 0 bridgehead atoms. The average Bonchev–Trinajstić information content (AvgIpc) is 2.25. The Morgan fingerprint density at radius 3 is 2.87 bits per heavy atom. The molecule has 0 saturated carbocycles. The first kappa shape index (κ1) is 11.9. The molecule has 0 aliphatic heterocycles. The van der Waals surface area contributed by atoms with E-state index in [4.69, 9.17) is 4.74 Å². The molecule has 82 valence electrons. The predicted octanol–water partition coefficient (Wildman–Crippen LogP) is 2.01. The van der Waals surface area contributed by atoms with E-state index in [-0.39, 0.29) is 18.5 Å². The summed E-state index contributed by atoms with van der Waals surface area (Å²) in [6, 6.07) is 5.72. The molecule has 1 rings (SSSR count). The number of rotatable bonds is 6. The Balaban J connectivity index is 2.23. The van der Waals surface area contributed by atoms with E-state index in [1.807, 2.05) is 32.0 Å². The molecule has 0 fully saturated rings. The molecule has 3 heteroatoms. The van der Waals surface area contributed by atoms with Gasteiger partial charge in [-0.1, -0.05) is 6.07 Å². The Kier molecular flexibility index (Phi) is 4.98. The van der Waals surface area contributed by atoms with Gasteiger partial charge in [-0.05, 0) is 32.4 Å². The normalized spacial score (nSPS) is 10.6. The third-order valence-corrected chi connectivity index (χ3v) is 1.96. The lowest BCUT2D eigenvalue weighted by Crippen LogP contribution is -2.13. The van der Waals surface area contributed by atoms with Gasteiger partial charge in [-0.15, -0.1) is 0 Å². The summed E-state index contributed by atoms with van der Waals surface area (Å²) >= 11 is 0. The van der Waals surface area contributed by atoms with Crippen LogP contribution in [0.2, 0.25) is 0 Å². The van der Waals surface area contributed by atoms with Gasteiger partial charge in [0.2, 0.25) is 0 Å². The summed E-state index contributed by atoms with van der Waals surface area (Å²) in [4.78, 5) is 15.5. The first-order valence-electron chi connectivity index (χ1n) is 5.21. The number of carbonyl (C=O) groups is 1. The number of hydrogen-bond acceptors (Lipinski definition) is 3. The van der Waals surface area contributed by atoms with Gasteiger partial charge in [-0.25, -0.2) is 0 Å². The van der Waals surface area contributed by atoms with Crippen LogP contribution in [0.15, 0.2) is 24.4 Å². The van der Waals surface area contributed by atoms with Gasteiger partial charge >= 0.3 is 0 Å². The number of hydrogen-bond donors (Lipinski definition) is 0. The highest BCUT2D eigenvalue weighted by atomic mass is 16.5. The van der Waals surface area contributed by atoms with Crippen LogP contribution in [0.25, 0.3) is 0 Å². The minimum atomic E-state index is 0.115. The Morgan fingerprint density at radius 1 is 1.47 bits per heavy atom. The van der Waals surface area contributed by atoms with Crippen molar-refractivity contribution in [3.05, 3.63) is 30.1 Å². The lowest BCUT2D eigenvalue weighted by atomic mass is 10.2. The van der Waals surface area contributed by atoms with Crippen LogP contribution in [0.1, 0.15) is 26.0 Å². The lowest BCUT2D eigenvalue weighted by molar-refractivity contribution is -0.124. The second kappa shape index (κ2) is 6.30. The van der Waals surface area contributed by atoms with E-state index in [9.17, 15) is 4.79 Å². The van der Waals surface area contributed by atoms with Crippen LogP contribution in [-0.2, 0) is 16.0 Å². The van der Waals surface area contributed by atoms with Gasteiger partial charge in [0.15, 0.2) is 5.78 Å². The number of aryl methyl sites for hydroxylation is 1. The number of ether oxygens (including phenoxy) is 1. The molecule has 0 N–H and O–H groups in total. The molecule has 15 heavy (non-hydrogen) atoms. The highest BCUT2D eigenvalue weighted by Crippen LogP contribution is 2.00. The van der Waals surface area contributed by atoms with Crippen LogP contribution in [0.3, 0.4) is 0 Å². The summed E-state index contributed by atoms with van der Waals surface area (Å²) in [5.74, 6) is 0.134. The fourth-order valence-corrected chi connectivity index (χ4v) is 1.15. The number of pyridine rings is 1. The molecule has 0 atom stereocenters. The largest absolute Gasteiger partial charge is 0.371 e. The van der Waals surface area contributed by atoms with Crippen molar-refractivity contribution in [2.75, 3.05) is 6.61 Å². The second-order valence-corrected chi connectivity index (χ2v) is 3.72. The summed E-state index contributed by atoms with van der Waals surface area (Å²) in [6.45, 7) is 4.06. The van der Waals surface area contributed by atoms with Crippen LogP contribution < -0.4 is 0 Å². The number of carbonyl (C=O) groups excluding carboxylic acids is 1. The molecule has 0 saturated heterocycles. The van der Waals surface area contributed by atoms with E-state index >= 15 is 0 Å². The van der Waals surface area contributed by atoms with Crippen LogP contribution in [-0.4, -0.2) is 23.5 Å². The second-order valence-electron chi connectivity index (χ2n) is 3.72. The van der Waals surface area contributed by atoms with Crippen molar-refractivity contribution < 1.29 is 9.53 Å². The minimum Gasteiger partial charge on any atom is -0.371 e. The van der Waals surface area contributed by atoms with Gasteiger partial charge in [-0.2, -0.15) is 0 Å². The van der Waals surface area contributed by atoms with E-state index in [0.717, 1.165) is 5.69 Å². The summed E-state index contributed by atoms with van der Waals surface area (Å²) in [5.41, 5.74) is 0.954. The van der Waals surface area contributed by atoms with Crippen molar-refractivity contribution in [3.8, 4) is 0 Å². The SMILES string of the molecule is CC(C)OCC(=O)CCc1ccccn1. The van der Waals surface area contributed by atoms with Gasteiger partial charge in [0.25, 0.3) is 0 Å². The molecular formula is C12H17NO2. The van der Waals surface area contributed by atoms with Crippen LogP contribution in [0.4, 0.5) is 0 Å². The van der Waals surface area contributed by atoms with E-state index in [1.54, 1.807) is 6.20 Å². The van der Waals surface area contributed by atoms with Crippen molar-refractivity contribution in [1.29, 1.82) is 0 Å². The Morgan fingerprint density at radius 2 is 2.27 bits per heavy atom. The van der Waals surface area contributed by atoms with Crippen molar-refractivity contribution in [1.82, 2.24) is 4.98 Å². The van der Waals surface area contributed by atoms with Crippen LogP contribution in [0.5, 0.6) is 0 Å². The van der Waals surface area contributed by atoms with Gasteiger partial charge in [-0.3, -0.25) is 9.78 Å². The van der Waals surface area contributed by atoms with E-state index < -0.39 is 0 Å². The zero-order chi connectivity index (χ0) is 11.1. The van der Waals surface area contributed by atoms with E-state index in [0.29, 0.717) is 12.8 Å². The molecule has 1 heterocycles. The van der Waals surface area contributed by atoms with Crippen molar-refractivity contribution in [2.45, 2.75) is 32.8 Å². The highest BCUT2D eigenvalue weighted by molar-refractivity contribution is 5.79. The summed E-state index contributed by atoms with van der Waals surface area (Å²) < 4.78 is 5.22. The standard InChI is InChI=1S/C12H17NO2/c1-10(2)15-9-12(14)7-6-11-5-3-4-8-13-11/h3-5,8,10H,6-7,9H2,1-2H3. The van der Waals surface area contributed by atoms with E-state index in [2.05, 4.69) is 4.98 Å². The lowest BCUT2D eigenvalue weighted by Gasteiger charge is -2.06. The van der Waals surface area contributed by atoms with Crippen molar-refractivity contribution in [2.24, 2.45) is 0 Å². The molecular weight excluding hydrogens is 190 g/mol. The monoisotopic (exact) mass is 207 g/mol. The van der Waals surface area contributed by atoms with Crippen LogP contribution >= 0.6 is 0 Å². The fraction of sp³-hybridized carbons (Fsp3) is 0.500. The third kappa shape index (κ3) is 5.27. The minimum absolute atomic E-state index is 0.115. The predicted molar refractivity (Wildman–Crippen MR) is 58.7 cm³/mol. The molecule has 1 aromatic rings. The molecule has 3 nitrogen and oxygen atoms in total. The quantitative estimate of drug-likeness (QED) is 0.716. The van der Waals surface area contributed by atoms with E-state index in [1.165, 1.54) is 0 Å². The summed E-state index contributed by atoms with van der Waals surface area (Å²) in [7, 11) is 0. The molecule has 0 aliphatic rings. The highest BCUT2D eigenvalue weighted by Gasteiger charge is 2.04. The molecule has 0 unspecified atom stereocenters. The average molecular weight is 207 g/mol. The van der Waals surface area contributed by atoms with Crippen molar-refractivity contribution in [3.63, 3.8) is 0 Å². The van der Waals surface area contributed by atoms with Gasteiger partial charge in [0, 0.05) is 18.3 Å². The first-order valence-corrected chi connectivity index (χ1v) is 5.21. The van der Waals surface area contributed by atoms with Gasteiger partial charge < -0.3 is 4.74 Å².